The minimum absolute atomic E-state index is 0.285. The summed E-state index contributed by atoms with van der Waals surface area (Å²) in [4.78, 5) is 11.2. The van der Waals surface area contributed by atoms with Gasteiger partial charge in [-0.25, -0.2) is 4.79 Å². The Balaban J connectivity index is 2.34. The zero-order chi connectivity index (χ0) is 15.1. The van der Waals surface area contributed by atoms with Crippen LogP contribution in [0.4, 0.5) is 5.82 Å². The highest BCUT2D eigenvalue weighted by Crippen LogP contribution is 2.18. The van der Waals surface area contributed by atoms with Crippen molar-refractivity contribution in [2.24, 2.45) is 13.0 Å². The molecule has 20 heavy (non-hydrogen) atoms. The van der Waals surface area contributed by atoms with Crippen molar-refractivity contribution in [2.75, 3.05) is 11.9 Å². The number of unbranched alkanes of at least 4 members (excludes halogenated alkanes) is 3. The van der Waals surface area contributed by atoms with Crippen molar-refractivity contribution < 1.29 is 9.90 Å². The number of hydrogen-bond acceptors (Lipinski definition) is 3. The number of aryl methyl sites for hydroxylation is 2. The standard InChI is InChI=1S/C15H27N3O2/c1-11(2)9-7-5-6-8-10-16-14-13(15(19)20)12(3)17-18(14)4/h11,16H,5-10H2,1-4H3,(H,19,20). The van der Waals surface area contributed by atoms with Gasteiger partial charge in [0.15, 0.2) is 0 Å². The second-order valence-corrected chi connectivity index (χ2v) is 5.76. The topological polar surface area (TPSA) is 67.2 Å². The zero-order valence-corrected chi connectivity index (χ0v) is 13.1. The molecule has 0 aliphatic heterocycles. The van der Waals surface area contributed by atoms with Crippen LogP contribution >= 0.6 is 0 Å². The Kier molecular flexibility index (Phi) is 6.55. The van der Waals surface area contributed by atoms with E-state index < -0.39 is 5.97 Å². The third-order valence-corrected chi connectivity index (χ3v) is 3.44. The van der Waals surface area contributed by atoms with Gasteiger partial charge in [-0.1, -0.05) is 39.5 Å². The summed E-state index contributed by atoms with van der Waals surface area (Å²) < 4.78 is 1.61. The summed E-state index contributed by atoms with van der Waals surface area (Å²) in [5.74, 6) is 0.468. The van der Waals surface area contributed by atoms with E-state index in [0.717, 1.165) is 18.9 Å². The van der Waals surface area contributed by atoms with Crippen LogP contribution in [-0.2, 0) is 7.05 Å². The van der Waals surface area contributed by atoms with Crippen molar-refractivity contribution in [3.63, 3.8) is 0 Å². The lowest BCUT2D eigenvalue weighted by molar-refractivity contribution is 0.0697. The van der Waals surface area contributed by atoms with Crippen LogP contribution in [0.1, 0.15) is 62.0 Å². The molecule has 1 rings (SSSR count). The van der Waals surface area contributed by atoms with Gasteiger partial charge in [0, 0.05) is 13.6 Å². The van der Waals surface area contributed by atoms with E-state index in [0.29, 0.717) is 11.5 Å². The SMILES string of the molecule is Cc1nn(C)c(NCCCCCCC(C)C)c1C(=O)O. The number of anilines is 1. The summed E-state index contributed by atoms with van der Waals surface area (Å²) in [6.07, 6.45) is 6.05. The molecule has 5 heteroatoms. The number of aromatic carboxylic acids is 1. The van der Waals surface area contributed by atoms with Crippen LogP contribution in [-0.4, -0.2) is 27.4 Å². The van der Waals surface area contributed by atoms with Gasteiger partial charge in [-0.15, -0.1) is 0 Å². The number of carbonyl (C=O) groups is 1. The monoisotopic (exact) mass is 281 g/mol. The van der Waals surface area contributed by atoms with Gasteiger partial charge in [-0.05, 0) is 19.3 Å². The number of nitrogens with zero attached hydrogens (tertiary/aromatic N) is 2. The third kappa shape index (κ3) is 4.87. The Labute approximate surface area is 121 Å². The lowest BCUT2D eigenvalue weighted by atomic mass is 10.0. The first-order valence-electron chi connectivity index (χ1n) is 7.44. The predicted octanol–water partition coefficient (Wildman–Crippen LogP) is 3.45. The molecule has 0 saturated carbocycles. The lowest BCUT2D eigenvalue weighted by Gasteiger charge is -2.08. The summed E-state index contributed by atoms with van der Waals surface area (Å²) in [5, 5.41) is 16.5. The maximum atomic E-state index is 11.2. The van der Waals surface area contributed by atoms with Crippen LogP contribution in [0, 0.1) is 12.8 Å². The maximum absolute atomic E-state index is 11.2. The second kappa shape index (κ2) is 7.92. The predicted molar refractivity (Wildman–Crippen MR) is 81.3 cm³/mol. The van der Waals surface area contributed by atoms with Gasteiger partial charge in [0.05, 0.1) is 5.69 Å². The molecule has 0 saturated heterocycles. The molecule has 0 unspecified atom stereocenters. The van der Waals surface area contributed by atoms with E-state index in [1.165, 1.54) is 25.7 Å². The fourth-order valence-electron chi connectivity index (χ4n) is 2.35. The van der Waals surface area contributed by atoms with E-state index in [1.54, 1.807) is 18.7 Å². The van der Waals surface area contributed by atoms with E-state index in [1.807, 2.05) is 0 Å². The lowest BCUT2D eigenvalue weighted by Crippen LogP contribution is -2.10. The highest BCUT2D eigenvalue weighted by atomic mass is 16.4. The largest absolute Gasteiger partial charge is 0.477 e. The molecule has 114 valence electrons. The number of hydrogen-bond donors (Lipinski definition) is 2. The van der Waals surface area contributed by atoms with Crippen molar-refractivity contribution in [1.29, 1.82) is 0 Å². The van der Waals surface area contributed by atoms with E-state index in [-0.39, 0.29) is 5.56 Å². The molecular formula is C15H27N3O2. The molecule has 0 fully saturated rings. The van der Waals surface area contributed by atoms with Crippen LogP contribution in [0.3, 0.4) is 0 Å². The Hall–Kier alpha value is -1.52. The normalized spacial score (nSPS) is 11.1. The Morgan fingerprint density at radius 3 is 2.55 bits per heavy atom. The highest BCUT2D eigenvalue weighted by Gasteiger charge is 2.18. The van der Waals surface area contributed by atoms with Crippen LogP contribution in [0.5, 0.6) is 0 Å². The summed E-state index contributed by atoms with van der Waals surface area (Å²) in [6, 6.07) is 0. The van der Waals surface area contributed by atoms with Gasteiger partial charge in [0.25, 0.3) is 0 Å². The number of carboxylic acid groups (broad SMARTS) is 1. The number of rotatable bonds is 9. The average molecular weight is 281 g/mol. The second-order valence-electron chi connectivity index (χ2n) is 5.76. The van der Waals surface area contributed by atoms with Gasteiger partial charge in [0.2, 0.25) is 0 Å². The summed E-state index contributed by atoms with van der Waals surface area (Å²) in [6.45, 7) is 7.01. The first-order valence-corrected chi connectivity index (χ1v) is 7.44. The van der Waals surface area contributed by atoms with Crippen molar-refractivity contribution >= 4 is 11.8 Å². The quantitative estimate of drug-likeness (QED) is 0.680. The molecule has 0 aliphatic carbocycles. The fraction of sp³-hybridized carbons (Fsp3) is 0.733. The molecular weight excluding hydrogens is 254 g/mol. The molecule has 0 atom stereocenters. The molecule has 0 radical (unpaired) electrons. The maximum Gasteiger partial charge on any atom is 0.341 e. The molecule has 1 aromatic rings. The van der Waals surface area contributed by atoms with Crippen molar-refractivity contribution in [2.45, 2.75) is 52.9 Å². The van der Waals surface area contributed by atoms with E-state index >= 15 is 0 Å². The molecule has 0 aromatic carbocycles. The molecule has 0 spiro atoms. The van der Waals surface area contributed by atoms with Crippen molar-refractivity contribution in [3.8, 4) is 0 Å². The number of carboxylic acids is 1. The Morgan fingerprint density at radius 1 is 1.30 bits per heavy atom. The smallest absolute Gasteiger partial charge is 0.341 e. The average Bonchev–Trinajstić information content (AvgIpc) is 2.62. The van der Waals surface area contributed by atoms with Crippen LogP contribution in [0.25, 0.3) is 0 Å². The van der Waals surface area contributed by atoms with Gasteiger partial charge >= 0.3 is 5.97 Å². The van der Waals surface area contributed by atoms with E-state index in [9.17, 15) is 9.90 Å². The first-order chi connectivity index (χ1) is 9.43. The van der Waals surface area contributed by atoms with Gasteiger partial charge in [-0.3, -0.25) is 4.68 Å². The van der Waals surface area contributed by atoms with Crippen molar-refractivity contribution in [1.82, 2.24) is 9.78 Å². The third-order valence-electron chi connectivity index (χ3n) is 3.44. The van der Waals surface area contributed by atoms with Crippen LogP contribution in [0.15, 0.2) is 0 Å². The van der Waals surface area contributed by atoms with Crippen LogP contribution < -0.4 is 5.32 Å². The highest BCUT2D eigenvalue weighted by molar-refractivity contribution is 5.94. The molecule has 1 heterocycles. The molecule has 0 amide bonds. The summed E-state index contributed by atoms with van der Waals surface area (Å²) in [5.41, 5.74) is 0.840. The van der Waals surface area contributed by atoms with Crippen LogP contribution in [0.2, 0.25) is 0 Å². The Morgan fingerprint density at radius 2 is 1.95 bits per heavy atom. The summed E-state index contributed by atoms with van der Waals surface area (Å²) in [7, 11) is 1.77. The molecule has 5 nitrogen and oxygen atoms in total. The minimum atomic E-state index is -0.921. The number of nitrogens with one attached hydrogen (secondary N) is 1. The van der Waals surface area contributed by atoms with Gasteiger partial charge < -0.3 is 10.4 Å². The fourth-order valence-corrected chi connectivity index (χ4v) is 2.35. The molecule has 2 N–H and O–H groups in total. The Bertz CT molecular complexity index is 439. The van der Waals surface area contributed by atoms with Gasteiger partial charge in [-0.2, -0.15) is 5.10 Å². The van der Waals surface area contributed by atoms with Crippen molar-refractivity contribution in [3.05, 3.63) is 11.3 Å². The molecule has 1 aromatic heterocycles. The number of aromatic nitrogens is 2. The molecule has 0 aliphatic rings. The van der Waals surface area contributed by atoms with E-state index in [2.05, 4.69) is 24.3 Å². The summed E-state index contributed by atoms with van der Waals surface area (Å²) >= 11 is 0. The zero-order valence-electron chi connectivity index (χ0n) is 13.1. The first kappa shape index (κ1) is 16.5. The van der Waals surface area contributed by atoms with Gasteiger partial charge in [0.1, 0.15) is 11.4 Å². The molecule has 0 bridgehead atoms. The minimum Gasteiger partial charge on any atom is -0.477 e. The van der Waals surface area contributed by atoms with E-state index in [4.69, 9.17) is 0 Å².